The van der Waals surface area contributed by atoms with E-state index in [4.69, 9.17) is 15.1 Å². The highest BCUT2D eigenvalue weighted by molar-refractivity contribution is 5.41. The third kappa shape index (κ3) is 2.34. The molecule has 0 atom stereocenters. The van der Waals surface area contributed by atoms with Gasteiger partial charge in [-0.1, -0.05) is 6.92 Å². The highest BCUT2D eigenvalue weighted by Crippen LogP contribution is 2.18. The van der Waals surface area contributed by atoms with E-state index in [1.165, 1.54) is 12.3 Å². The van der Waals surface area contributed by atoms with Crippen LogP contribution in [0, 0.1) is 11.3 Å². The molecule has 0 unspecified atom stereocenters. The Hall–Kier alpha value is -1.76. The van der Waals surface area contributed by atoms with Crippen molar-refractivity contribution in [3.8, 4) is 17.7 Å². The van der Waals surface area contributed by atoms with E-state index in [1.54, 1.807) is 0 Å². The highest BCUT2D eigenvalue weighted by atomic mass is 16.5. The van der Waals surface area contributed by atoms with Crippen molar-refractivity contribution < 1.29 is 9.84 Å². The first-order valence-electron chi connectivity index (χ1n) is 3.99. The lowest BCUT2D eigenvalue weighted by atomic mass is 10.3. The molecule has 0 saturated carbocycles. The van der Waals surface area contributed by atoms with E-state index >= 15 is 0 Å². The summed E-state index contributed by atoms with van der Waals surface area (Å²) in [5.41, 5.74) is 0.258. The average Bonchev–Trinajstić information content (AvgIpc) is 2.16. The molecule has 0 fully saturated rings. The summed E-state index contributed by atoms with van der Waals surface area (Å²) in [5.74, 6) is 0.252. The van der Waals surface area contributed by atoms with Gasteiger partial charge in [0, 0.05) is 6.07 Å². The summed E-state index contributed by atoms with van der Waals surface area (Å²) < 4.78 is 5.19. The van der Waals surface area contributed by atoms with Gasteiger partial charge in [0.1, 0.15) is 17.4 Å². The summed E-state index contributed by atoms with van der Waals surface area (Å²) in [5, 5.41) is 17.7. The van der Waals surface area contributed by atoms with E-state index in [0.29, 0.717) is 6.61 Å². The van der Waals surface area contributed by atoms with Gasteiger partial charge in [-0.05, 0) is 6.42 Å². The summed E-state index contributed by atoms with van der Waals surface area (Å²) in [6.45, 7) is 2.49. The molecular formula is C9H10N2O2. The van der Waals surface area contributed by atoms with E-state index in [0.717, 1.165) is 6.42 Å². The molecule has 1 rings (SSSR count). The Morgan fingerprint density at radius 3 is 3.08 bits per heavy atom. The van der Waals surface area contributed by atoms with E-state index in [2.05, 4.69) is 4.98 Å². The van der Waals surface area contributed by atoms with Crippen molar-refractivity contribution in [2.24, 2.45) is 0 Å². The van der Waals surface area contributed by atoms with Crippen molar-refractivity contribution >= 4 is 0 Å². The molecule has 1 heterocycles. The second-order valence-corrected chi connectivity index (χ2v) is 2.51. The normalized spacial score (nSPS) is 9.23. The number of nitrogens with zero attached hydrogens (tertiary/aromatic N) is 2. The molecule has 4 heteroatoms. The number of hydrogen-bond acceptors (Lipinski definition) is 4. The van der Waals surface area contributed by atoms with Crippen LogP contribution in [0.1, 0.15) is 18.9 Å². The SMILES string of the molecule is CCCOc1ncc(O)cc1C#N. The van der Waals surface area contributed by atoms with Gasteiger partial charge in [0.2, 0.25) is 5.88 Å². The maximum Gasteiger partial charge on any atom is 0.231 e. The summed E-state index contributed by atoms with van der Waals surface area (Å²) >= 11 is 0. The Morgan fingerprint density at radius 2 is 2.46 bits per heavy atom. The standard InChI is InChI=1S/C9H10N2O2/c1-2-3-13-9-7(5-10)4-8(12)6-11-9/h4,6,12H,2-3H2,1H3. The largest absolute Gasteiger partial charge is 0.506 e. The average molecular weight is 178 g/mol. The fourth-order valence-corrected chi connectivity index (χ4v) is 0.835. The fourth-order valence-electron chi connectivity index (χ4n) is 0.835. The van der Waals surface area contributed by atoms with Gasteiger partial charge >= 0.3 is 0 Å². The van der Waals surface area contributed by atoms with Crippen molar-refractivity contribution in [2.75, 3.05) is 6.61 Å². The molecule has 0 aliphatic heterocycles. The first-order chi connectivity index (χ1) is 6.27. The second kappa shape index (κ2) is 4.31. The number of hydrogen-bond donors (Lipinski definition) is 1. The lowest BCUT2D eigenvalue weighted by Crippen LogP contribution is -1.99. The van der Waals surface area contributed by atoms with Crippen LogP contribution < -0.4 is 4.74 Å². The molecule has 0 bridgehead atoms. The van der Waals surface area contributed by atoms with Crippen LogP contribution >= 0.6 is 0 Å². The van der Waals surface area contributed by atoms with E-state index in [-0.39, 0.29) is 17.2 Å². The van der Waals surface area contributed by atoms with Crippen molar-refractivity contribution in [2.45, 2.75) is 13.3 Å². The summed E-state index contributed by atoms with van der Waals surface area (Å²) in [4.78, 5) is 3.79. The van der Waals surface area contributed by atoms with Crippen molar-refractivity contribution in [3.63, 3.8) is 0 Å². The minimum atomic E-state index is -0.0274. The quantitative estimate of drug-likeness (QED) is 0.760. The maximum atomic E-state index is 9.02. The Bertz CT molecular complexity index is 331. The lowest BCUT2D eigenvalue weighted by molar-refractivity contribution is 0.303. The zero-order chi connectivity index (χ0) is 9.68. The Balaban J connectivity index is 2.88. The fraction of sp³-hybridized carbons (Fsp3) is 0.333. The number of rotatable bonds is 3. The molecule has 0 aliphatic carbocycles. The first kappa shape index (κ1) is 9.33. The zero-order valence-electron chi connectivity index (χ0n) is 7.32. The minimum Gasteiger partial charge on any atom is -0.506 e. The van der Waals surface area contributed by atoms with E-state index in [1.807, 2.05) is 13.0 Å². The van der Waals surface area contributed by atoms with Gasteiger partial charge in [0.05, 0.1) is 12.8 Å². The number of nitriles is 1. The van der Waals surface area contributed by atoms with Crippen LogP contribution in [0.4, 0.5) is 0 Å². The van der Waals surface area contributed by atoms with E-state index < -0.39 is 0 Å². The van der Waals surface area contributed by atoms with Gasteiger partial charge < -0.3 is 9.84 Å². The predicted molar refractivity (Wildman–Crippen MR) is 46.4 cm³/mol. The van der Waals surface area contributed by atoms with Gasteiger partial charge in [-0.3, -0.25) is 0 Å². The Morgan fingerprint density at radius 1 is 1.69 bits per heavy atom. The maximum absolute atomic E-state index is 9.02. The molecule has 4 nitrogen and oxygen atoms in total. The van der Waals surface area contributed by atoms with Crippen LogP contribution in [-0.4, -0.2) is 16.7 Å². The van der Waals surface area contributed by atoms with Gasteiger partial charge in [-0.2, -0.15) is 5.26 Å². The molecule has 0 radical (unpaired) electrons. The number of ether oxygens (including phenoxy) is 1. The van der Waals surface area contributed by atoms with Crippen LogP contribution in [0.15, 0.2) is 12.3 Å². The number of aromatic hydroxyl groups is 1. The molecule has 0 spiro atoms. The van der Waals surface area contributed by atoms with Gasteiger partial charge in [-0.15, -0.1) is 0 Å². The lowest BCUT2D eigenvalue weighted by Gasteiger charge is -2.04. The van der Waals surface area contributed by atoms with Crippen LogP contribution in [0.25, 0.3) is 0 Å². The zero-order valence-corrected chi connectivity index (χ0v) is 7.32. The Kier molecular flexibility index (Phi) is 3.09. The molecule has 68 valence electrons. The molecule has 1 aromatic heterocycles. The molecular weight excluding hydrogens is 168 g/mol. The monoisotopic (exact) mass is 178 g/mol. The van der Waals surface area contributed by atoms with Gasteiger partial charge in [-0.25, -0.2) is 4.98 Å². The molecule has 0 amide bonds. The molecule has 0 aliphatic rings. The third-order valence-corrected chi connectivity index (χ3v) is 1.40. The summed E-state index contributed by atoms with van der Waals surface area (Å²) in [6.07, 6.45) is 2.11. The molecule has 13 heavy (non-hydrogen) atoms. The van der Waals surface area contributed by atoms with Gasteiger partial charge in [0.15, 0.2) is 0 Å². The van der Waals surface area contributed by atoms with Crippen LogP contribution in [0.5, 0.6) is 11.6 Å². The summed E-state index contributed by atoms with van der Waals surface area (Å²) in [7, 11) is 0. The molecule has 1 N–H and O–H groups in total. The predicted octanol–water partition coefficient (Wildman–Crippen LogP) is 1.45. The van der Waals surface area contributed by atoms with E-state index in [9.17, 15) is 0 Å². The smallest absolute Gasteiger partial charge is 0.231 e. The van der Waals surface area contributed by atoms with Crippen molar-refractivity contribution in [1.29, 1.82) is 5.26 Å². The van der Waals surface area contributed by atoms with Crippen LogP contribution in [0.3, 0.4) is 0 Å². The number of pyridine rings is 1. The van der Waals surface area contributed by atoms with Crippen LogP contribution in [-0.2, 0) is 0 Å². The first-order valence-corrected chi connectivity index (χ1v) is 3.99. The molecule has 0 saturated heterocycles. The molecule has 0 aromatic carbocycles. The minimum absolute atomic E-state index is 0.0274. The molecule has 1 aromatic rings. The summed E-state index contributed by atoms with van der Waals surface area (Å²) in [6, 6.07) is 3.23. The second-order valence-electron chi connectivity index (χ2n) is 2.51. The highest BCUT2D eigenvalue weighted by Gasteiger charge is 2.04. The topological polar surface area (TPSA) is 66.1 Å². The van der Waals surface area contributed by atoms with Crippen molar-refractivity contribution in [1.82, 2.24) is 4.98 Å². The number of aromatic nitrogens is 1. The van der Waals surface area contributed by atoms with Crippen LogP contribution in [0.2, 0.25) is 0 Å². The van der Waals surface area contributed by atoms with Gasteiger partial charge in [0.25, 0.3) is 0 Å². The third-order valence-electron chi connectivity index (χ3n) is 1.40. The van der Waals surface area contributed by atoms with Crippen molar-refractivity contribution in [3.05, 3.63) is 17.8 Å². The Labute approximate surface area is 76.4 Å².